The Labute approximate surface area is 152 Å². The molecule has 146 valence electrons. The lowest BCUT2D eigenvalue weighted by Gasteiger charge is -2.08. The molecule has 1 aromatic rings. The van der Waals surface area contributed by atoms with Gasteiger partial charge in [-0.3, -0.25) is 19.7 Å². The van der Waals surface area contributed by atoms with E-state index in [4.69, 9.17) is 0 Å². The summed E-state index contributed by atoms with van der Waals surface area (Å²) in [4.78, 5) is 45.9. The minimum absolute atomic E-state index is 0.0161. The number of carbonyl (C=O) groups excluding carboxylic acids is 4. The Morgan fingerprint density at radius 3 is 2.59 bits per heavy atom. The lowest BCUT2D eigenvalue weighted by molar-refractivity contribution is -0.147. The molecule has 11 heteroatoms. The smallest absolute Gasteiger partial charge is 0.387 e. The van der Waals surface area contributed by atoms with Crippen LogP contribution in [0.3, 0.4) is 0 Å². The highest BCUT2D eigenvalue weighted by Gasteiger charge is 2.13. The van der Waals surface area contributed by atoms with E-state index in [1.807, 2.05) is 5.32 Å². The summed E-state index contributed by atoms with van der Waals surface area (Å²) in [6.45, 7) is -0.821. The quantitative estimate of drug-likeness (QED) is 0.422. The summed E-state index contributed by atoms with van der Waals surface area (Å²) in [7, 11) is 0. The number of benzene rings is 1. The van der Waals surface area contributed by atoms with Crippen LogP contribution in [0.4, 0.5) is 13.6 Å². The molecule has 1 rings (SSSR count). The van der Waals surface area contributed by atoms with E-state index < -0.39 is 43.6 Å². The summed E-state index contributed by atoms with van der Waals surface area (Å²) in [6.07, 6.45) is 1.40. The zero-order valence-corrected chi connectivity index (χ0v) is 14.0. The average Bonchev–Trinajstić information content (AvgIpc) is 2.62. The summed E-state index contributed by atoms with van der Waals surface area (Å²) < 4.78 is 33.0. The normalized spacial score (nSPS) is 9.89. The fraction of sp³-hybridized carbons (Fsp3) is 0.250. The summed E-state index contributed by atoms with van der Waals surface area (Å²) >= 11 is 0. The van der Waals surface area contributed by atoms with E-state index in [2.05, 4.69) is 26.7 Å². The third kappa shape index (κ3) is 8.95. The molecule has 0 saturated carbocycles. The molecule has 0 spiro atoms. The van der Waals surface area contributed by atoms with Crippen molar-refractivity contribution in [3.63, 3.8) is 0 Å². The maximum Gasteiger partial charge on any atom is 0.387 e. The first kappa shape index (κ1) is 21.5. The number of hydrogen-bond donors (Lipinski definition) is 3. The molecule has 0 aromatic heterocycles. The molecule has 4 amide bonds. The van der Waals surface area contributed by atoms with Crippen LogP contribution < -0.4 is 20.7 Å². The van der Waals surface area contributed by atoms with Gasteiger partial charge in [-0.1, -0.05) is 12.1 Å². The van der Waals surface area contributed by atoms with E-state index in [1.165, 1.54) is 24.3 Å². The number of carbonyl (C=O) groups is 4. The number of ether oxygens (including phenoxy) is 2. The van der Waals surface area contributed by atoms with E-state index in [0.29, 0.717) is 0 Å². The molecule has 0 aliphatic rings. The van der Waals surface area contributed by atoms with Crippen LogP contribution in [0.25, 0.3) is 0 Å². The number of alkyl halides is 2. The number of esters is 1. The lowest BCUT2D eigenvalue weighted by atomic mass is 10.2. The predicted molar refractivity (Wildman–Crippen MR) is 88.1 cm³/mol. The van der Waals surface area contributed by atoms with Crippen molar-refractivity contribution < 1.29 is 37.4 Å². The topological polar surface area (TPSA) is 123 Å². The van der Waals surface area contributed by atoms with Crippen LogP contribution in [0.15, 0.2) is 36.9 Å². The minimum atomic E-state index is -3.04. The van der Waals surface area contributed by atoms with Gasteiger partial charge < -0.3 is 20.1 Å². The van der Waals surface area contributed by atoms with Crippen LogP contribution in [-0.2, 0) is 14.3 Å². The standard InChI is InChI=1S/C16H17F2N3O6/c1-2-6-19-16(25)21-12(22)9-26-13(23)8-20-14(24)10-4-3-5-11(7-10)27-15(17)18/h2-5,7,15H,1,6,8-9H2,(H,20,24)(H2,19,21,22,25). The third-order valence-electron chi connectivity index (χ3n) is 2.74. The van der Waals surface area contributed by atoms with Gasteiger partial charge in [0.15, 0.2) is 6.61 Å². The van der Waals surface area contributed by atoms with Crippen molar-refractivity contribution in [2.75, 3.05) is 19.7 Å². The molecule has 0 unspecified atom stereocenters. The number of imide groups is 1. The number of rotatable bonds is 9. The minimum Gasteiger partial charge on any atom is -0.454 e. The average molecular weight is 385 g/mol. The van der Waals surface area contributed by atoms with Crippen LogP contribution in [0, 0.1) is 0 Å². The van der Waals surface area contributed by atoms with Crippen molar-refractivity contribution in [3.05, 3.63) is 42.5 Å². The van der Waals surface area contributed by atoms with Crippen molar-refractivity contribution in [2.45, 2.75) is 6.61 Å². The first-order valence-electron chi connectivity index (χ1n) is 7.49. The number of hydrogen-bond acceptors (Lipinski definition) is 6. The zero-order valence-electron chi connectivity index (χ0n) is 14.0. The molecule has 1 aromatic carbocycles. The number of nitrogens with one attached hydrogen (secondary N) is 3. The highest BCUT2D eigenvalue weighted by atomic mass is 19.3. The molecule has 0 aliphatic carbocycles. The largest absolute Gasteiger partial charge is 0.454 e. The van der Waals surface area contributed by atoms with Crippen LogP contribution in [-0.4, -0.2) is 50.1 Å². The van der Waals surface area contributed by atoms with Crippen molar-refractivity contribution in [3.8, 4) is 5.75 Å². The van der Waals surface area contributed by atoms with Crippen molar-refractivity contribution >= 4 is 23.8 Å². The summed E-state index contributed by atoms with van der Waals surface area (Å²) in [5.41, 5.74) is -0.0161. The highest BCUT2D eigenvalue weighted by Crippen LogP contribution is 2.15. The first-order chi connectivity index (χ1) is 12.8. The highest BCUT2D eigenvalue weighted by molar-refractivity contribution is 5.97. The summed E-state index contributed by atoms with van der Waals surface area (Å²) in [6, 6.07) is 4.18. The Hall–Kier alpha value is -3.50. The van der Waals surface area contributed by atoms with Crippen LogP contribution in [0.1, 0.15) is 10.4 Å². The van der Waals surface area contributed by atoms with Gasteiger partial charge in [0, 0.05) is 12.1 Å². The Kier molecular flexibility index (Phi) is 8.92. The predicted octanol–water partition coefficient (Wildman–Crippen LogP) is 0.573. The van der Waals surface area contributed by atoms with Crippen molar-refractivity contribution in [2.24, 2.45) is 0 Å². The molecule has 9 nitrogen and oxygen atoms in total. The fourth-order valence-electron chi connectivity index (χ4n) is 1.64. The Morgan fingerprint density at radius 1 is 1.19 bits per heavy atom. The van der Waals surface area contributed by atoms with E-state index >= 15 is 0 Å². The Balaban J connectivity index is 2.37. The van der Waals surface area contributed by atoms with Gasteiger partial charge in [0.1, 0.15) is 12.3 Å². The zero-order chi connectivity index (χ0) is 20.2. The second-order valence-electron chi connectivity index (χ2n) is 4.80. The second kappa shape index (κ2) is 11.2. The summed E-state index contributed by atoms with van der Waals surface area (Å²) in [5.74, 6) is -2.76. The molecule has 0 bridgehead atoms. The van der Waals surface area contributed by atoms with Gasteiger partial charge in [0.05, 0.1) is 0 Å². The second-order valence-corrected chi connectivity index (χ2v) is 4.80. The Morgan fingerprint density at radius 2 is 1.93 bits per heavy atom. The van der Waals surface area contributed by atoms with Gasteiger partial charge in [0.25, 0.3) is 11.8 Å². The van der Waals surface area contributed by atoms with Crippen LogP contribution in [0.5, 0.6) is 5.75 Å². The van der Waals surface area contributed by atoms with Gasteiger partial charge >= 0.3 is 18.6 Å². The first-order valence-corrected chi connectivity index (χ1v) is 7.49. The van der Waals surface area contributed by atoms with Gasteiger partial charge in [-0.2, -0.15) is 8.78 Å². The van der Waals surface area contributed by atoms with Crippen molar-refractivity contribution in [1.29, 1.82) is 0 Å². The molecular weight excluding hydrogens is 368 g/mol. The third-order valence-corrected chi connectivity index (χ3v) is 2.74. The van der Waals surface area contributed by atoms with E-state index in [-0.39, 0.29) is 17.9 Å². The van der Waals surface area contributed by atoms with Gasteiger partial charge in [0.2, 0.25) is 0 Å². The van der Waals surface area contributed by atoms with E-state index in [1.54, 1.807) is 0 Å². The van der Waals surface area contributed by atoms with Gasteiger partial charge in [-0.25, -0.2) is 4.79 Å². The monoisotopic (exact) mass is 385 g/mol. The molecule has 0 fully saturated rings. The maximum atomic E-state index is 12.2. The van der Waals surface area contributed by atoms with Gasteiger partial charge in [-0.05, 0) is 18.2 Å². The lowest BCUT2D eigenvalue weighted by Crippen LogP contribution is -2.42. The van der Waals surface area contributed by atoms with Crippen molar-refractivity contribution in [1.82, 2.24) is 16.0 Å². The molecular formula is C16H17F2N3O6. The molecule has 0 radical (unpaired) electrons. The molecule has 0 aliphatic heterocycles. The van der Waals surface area contributed by atoms with Gasteiger partial charge in [-0.15, -0.1) is 6.58 Å². The molecule has 0 saturated heterocycles. The molecule has 27 heavy (non-hydrogen) atoms. The molecule has 3 N–H and O–H groups in total. The SMILES string of the molecule is C=CCNC(=O)NC(=O)COC(=O)CNC(=O)c1cccc(OC(F)F)c1. The van der Waals surface area contributed by atoms with Crippen LogP contribution in [0.2, 0.25) is 0 Å². The molecule has 0 heterocycles. The van der Waals surface area contributed by atoms with E-state index in [9.17, 15) is 28.0 Å². The summed E-state index contributed by atoms with van der Waals surface area (Å²) in [5, 5.41) is 6.38. The number of urea groups is 1. The fourth-order valence-corrected chi connectivity index (χ4v) is 1.64. The van der Waals surface area contributed by atoms with E-state index in [0.717, 1.165) is 6.07 Å². The maximum absolute atomic E-state index is 12.2. The van der Waals surface area contributed by atoms with Crippen LogP contribution >= 0.6 is 0 Å². The molecule has 0 atom stereocenters. The number of halogens is 2. The number of amides is 4. The Bertz CT molecular complexity index is 711.